The maximum absolute atomic E-state index is 12.9. The van der Waals surface area contributed by atoms with E-state index in [2.05, 4.69) is 31.3 Å². The molecule has 0 bridgehead atoms. The molecule has 332 valence electrons. The van der Waals surface area contributed by atoms with Crippen molar-refractivity contribution in [2.45, 2.75) is 231 Å². The molecule has 9 heteroatoms. The third kappa shape index (κ3) is 41.2. The summed E-state index contributed by atoms with van der Waals surface area (Å²) in [6, 6.07) is -0.843. The van der Waals surface area contributed by atoms with Crippen LogP contribution < -0.4 is 5.32 Å². The highest BCUT2D eigenvalue weighted by molar-refractivity contribution is 7.47. The van der Waals surface area contributed by atoms with Crippen molar-refractivity contribution in [2.75, 3.05) is 40.9 Å². The standard InChI is InChI=1S/C47H93N2O6P/c1-6-8-10-12-14-16-18-20-21-22-23-24-25-26-27-29-31-33-35-37-39-41-47(51)48-45(44-55-56(52,53)54-43-42-49(3,4)5)46(50)40-38-36-34-32-30-28-19-17-15-13-11-9-7-2/h20-21,38,40,45-46,50H,6-19,22-37,39,41-44H2,1-5H3,(H-,48,51,52,53)/p+1/b21-20-,40-38-/t45-,46-/m0/s1. The van der Waals surface area contributed by atoms with Crippen molar-refractivity contribution in [3.63, 3.8) is 0 Å². The number of nitrogens with zero attached hydrogens (tertiary/aromatic N) is 1. The second kappa shape index (κ2) is 39.4. The number of aliphatic hydroxyl groups excluding tert-OH is 1. The van der Waals surface area contributed by atoms with E-state index in [9.17, 15) is 19.4 Å². The van der Waals surface area contributed by atoms with Gasteiger partial charge in [-0.25, -0.2) is 4.57 Å². The van der Waals surface area contributed by atoms with Crippen LogP contribution in [0.3, 0.4) is 0 Å². The number of quaternary nitrogens is 1. The van der Waals surface area contributed by atoms with E-state index >= 15 is 0 Å². The first kappa shape index (κ1) is 55.0. The summed E-state index contributed by atoms with van der Waals surface area (Å²) in [5.41, 5.74) is 0. The zero-order valence-electron chi connectivity index (χ0n) is 37.6. The van der Waals surface area contributed by atoms with Crippen LogP contribution in [0.15, 0.2) is 24.3 Å². The van der Waals surface area contributed by atoms with E-state index in [4.69, 9.17) is 9.05 Å². The first-order valence-electron chi connectivity index (χ1n) is 23.7. The van der Waals surface area contributed by atoms with E-state index in [0.29, 0.717) is 17.4 Å². The second-order valence-corrected chi connectivity index (χ2v) is 18.9. The number of carbonyl (C=O) groups is 1. The molecule has 0 radical (unpaired) electrons. The molecule has 0 aliphatic heterocycles. The summed E-state index contributed by atoms with van der Waals surface area (Å²) in [7, 11) is 1.58. The van der Waals surface area contributed by atoms with Crippen LogP contribution in [0.5, 0.6) is 0 Å². The number of allylic oxidation sites excluding steroid dienone is 3. The van der Waals surface area contributed by atoms with Crippen LogP contribution in [0.2, 0.25) is 0 Å². The van der Waals surface area contributed by atoms with Gasteiger partial charge >= 0.3 is 7.82 Å². The number of carbonyl (C=O) groups excluding carboxylic acids is 1. The molecule has 56 heavy (non-hydrogen) atoms. The lowest BCUT2D eigenvalue weighted by Crippen LogP contribution is -2.45. The summed E-state index contributed by atoms with van der Waals surface area (Å²) >= 11 is 0. The Balaban J connectivity index is 4.30. The van der Waals surface area contributed by atoms with Crippen LogP contribution in [0, 0.1) is 0 Å². The monoisotopic (exact) mass is 814 g/mol. The minimum atomic E-state index is -4.33. The lowest BCUT2D eigenvalue weighted by atomic mass is 10.0. The Morgan fingerprint density at radius 3 is 1.38 bits per heavy atom. The van der Waals surface area contributed by atoms with Gasteiger partial charge in [-0.2, -0.15) is 0 Å². The summed E-state index contributed by atoms with van der Waals surface area (Å²) in [5.74, 6) is -0.177. The molecule has 0 spiro atoms. The third-order valence-electron chi connectivity index (χ3n) is 10.7. The molecule has 3 N–H and O–H groups in total. The fourth-order valence-corrected chi connectivity index (χ4v) is 7.60. The van der Waals surface area contributed by atoms with Crippen molar-refractivity contribution in [2.24, 2.45) is 0 Å². The van der Waals surface area contributed by atoms with Crippen LogP contribution in [0.25, 0.3) is 0 Å². The predicted octanol–water partition coefficient (Wildman–Crippen LogP) is 13.3. The van der Waals surface area contributed by atoms with Crippen molar-refractivity contribution in [1.29, 1.82) is 0 Å². The highest BCUT2D eigenvalue weighted by Crippen LogP contribution is 2.43. The molecule has 0 aromatic heterocycles. The molecule has 0 rings (SSSR count). The predicted molar refractivity (Wildman–Crippen MR) is 240 cm³/mol. The SMILES string of the molecule is CCCCCCCC/C=C\CCCCCCCCCCCCCC(=O)N[C@@H](COP(=O)(O)OCC[N+](C)(C)C)[C@@H](O)/C=C\CCCCCCCCCCCCC. The van der Waals surface area contributed by atoms with Gasteiger partial charge in [-0.1, -0.05) is 192 Å². The maximum Gasteiger partial charge on any atom is 0.472 e. The first-order chi connectivity index (χ1) is 27.0. The number of hydrogen-bond acceptors (Lipinski definition) is 5. The van der Waals surface area contributed by atoms with Crippen LogP contribution in [-0.2, 0) is 18.4 Å². The van der Waals surface area contributed by atoms with Crippen LogP contribution in [-0.4, -0.2) is 73.4 Å². The molecule has 0 aromatic carbocycles. The normalized spacial score (nSPS) is 14.5. The Labute approximate surface area is 347 Å². The molecule has 0 heterocycles. The van der Waals surface area contributed by atoms with Gasteiger partial charge in [-0.15, -0.1) is 0 Å². The van der Waals surface area contributed by atoms with E-state index in [1.54, 1.807) is 6.08 Å². The van der Waals surface area contributed by atoms with Gasteiger partial charge < -0.3 is 19.8 Å². The summed E-state index contributed by atoms with van der Waals surface area (Å²) in [5, 5.41) is 13.8. The molecule has 0 saturated carbocycles. The fourth-order valence-electron chi connectivity index (χ4n) is 6.86. The lowest BCUT2D eigenvalue weighted by molar-refractivity contribution is -0.870. The number of likely N-dealkylation sites (N-methyl/N-ethyl adjacent to an activating group) is 1. The Bertz CT molecular complexity index is 969. The van der Waals surface area contributed by atoms with Crippen LogP contribution in [0.4, 0.5) is 0 Å². The topological polar surface area (TPSA) is 105 Å². The number of aliphatic hydroxyl groups is 1. The molecule has 1 unspecified atom stereocenters. The summed E-state index contributed by atoms with van der Waals surface area (Å²) < 4.78 is 23.6. The number of rotatable bonds is 43. The molecule has 0 aliphatic carbocycles. The number of amides is 1. The number of hydrogen-bond donors (Lipinski definition) is 3. The molecule has 0 aliphatic rings. The van der Waals surface area contributed by atoms with E-state index in [0.717, 1.165) is 38.5 Å². The quantitative estimate of drug-likeness (QED) is 0.0245. The summed E-state index contributed by atoms with van der Waals surface area (Å²) in [4.78, 5) is 23.1. The molecular formula is C47H94N2O6P+. The van der Waals surface area contributed by atoms with Crippen molar-refractivity contribution < 1.29 is 32.9 Å². The molecule has 3 atom stereocenters. The maximum atomic E-state index is 12.9. The van der Waals surface area contributed by atoms with E-state index in [1.165, 1.54) is 161 Å². The molecular weight excluding hydrogens is 719 g/mol. The zero-order valence-corrected chi connectivity index (χ0v) is 38.5. The molecule has 0 saturated heterocycles. The van der Waals surface area contributed by atoms with Gasteiger partial charge in [0.15, 0.2) is 0 Å². The minimum absolute atomic E-state index is 0.0627. The smallest absolute Gasteiger partial charge is 0.387 e. The van der Waals surface area contributed by atoms with Gasteiger partial charge in [0, 0.05) is 6.42 Å². The average Bonchev–Trinajstić information content (AvgIpc) is 3.15. The van der Waals surface area contributed by atoms with Gasteiger partial charge in [0.25, 0.3) is 0 Å². The van der Waals surface area contributed by atoms with Gasteiger partial charge in [-0.05, 0) is 44.9 Å². The Morgan fingerprint density at radius 2 is 0.964 bits per heavy atom. The summed E-state index contributed by atoms with van der Waals surface area (Å²) in [6.45, 7) is 4.81. The Kier molecular flexibility index (Phi) is 38.7. The average molecular weight is 814 g/mol. The molecule has 1 amide bonds. The van der Waals surface area contributed by atoms with E-state index < -0.39 is 20.0 Å². The van der Waals surface area contributed by atoms with Crippen molar-refractivity contribution in [3.8, 4) is 0 Å². The van der Waals surface area contributed by atoms with Crippen LogP contribution in [0.1, 0.15) is 219 Å². The Hall–Kier alpha value is -1.02. The van der Waals surface area contributed by atoms with Crippen molar-refractivity contribution in [3.05, 3.63) is 24.3 Å². The molecule has 0 fully saturated rings. The third-order valence-corrected chi connectivity index (χ3v) is 11.6. The number of phosphoric ester groups is 1. The minimum Gasteiger partial charge on any atom is -0.387 e. The zero-order chi connectivity index (χ0) is 41.4. The number of unbranched alkanes of at least 4 members (excludes halogenated alkanes) is 28. The molecule has 8 nitrogen and oxygen atoms in total. The first-order valence-corrected chi connectivity index (χ1v) is 25.2. The number of nitrogens with one attached hydrogen (secondary N) is 1. The van der Waals surface area contributed by atoms with Crippen LogP contribution >= 0.6 is 7.82 Å². The van der Waals surface area contributed by atoms with Gasteiger partial charge in [0.1, 0.15) is 13.2 Å². The van der Waals surface area contributed by atoms with E-state index in [-0.39, 0.29) is 19.1 Å². The largest absolute Gasteiger partial charge is 0.472 e. The Morgan fingerprint density at radius 1 is 0.589 bits per heavy atom. The highest BCUT2D eigenvalue weighted by Gasteiger charge is 2.27. The number of phosphoric acid groups is 1. The summed E-state index contributed by atoms with van der Waals surface area (Å²) in [6.07, 6.45) is 46.7. The van der Waals surface area contributed by atoms with E-state index in [1.807, 2.05) is 27.2 Å². The van der Waals surface area contributed by atoms with Gasteiger partial charge in [0.2, 0.25) is 5.91 Å². The second-order valence-electron chi connectivity index (χ2n) is 17.5. The lowest BCUT2D eigenvalue weighted by Gasteiger charge is -2.25. The molecule has 0 aromatic rings. The van der Waals surface area contributed by atoms with Gasteiger partial charge in [0.05, 0.1) is 39.9 Å². The van der Waals surface area contributed by atoms with Crippen molar-refractivity contribution in [1.82, 2.24) is 5.32 Å². The highest BCUT2D eigenvalue weighted by atomic mass is 31.2. The fraction of sp³-hybridized carbons (Fsp3) is 0.894. The van der Waals surface area contributed by atoms with Crippen molar-refractivity contribution >= 4 is 13.7 Å². The van der Waals surface area contributed by atoms with Gasteiger partial charge in [-0.3, -0.25) is 13.8 Å².